The second kappa shape index (κ2) is 5.67. The normalized spacial score (nSPS) is 18.0. The number of hydrogen-bond donors (Lipinski definition) is 1. The number of benzene rings is 1. The van der Waals surface area contributed by atoms with E-state index in [9.17, 15) is 0 Å². The van der Waals surface area contributed by atoms with Crippen molar-refractivity contribution in [2.45, 2.75) is 12.5 Å². The lowest BCUT2D eigenvalue weighted by atomic mass is 10.1. The Morgan fingerprint density at radius 2 is 2.13 bits per heavy atom. The zero-order valence-corrected chi connectivity index (χ0v) is 13.8. The number of hydrogen-bond acceptors (Lipinski definition) is 4. The number of halogens is 2. The number of nitrogens with zero attached hydrogens (tertiary/aromatic N) is 4. The van der Waals surface area contributed by atoms with Crippen LogP contribution in [0.2, 0.25) is 10.0 Å². The average molecular weight is 348 g/mol. The van der Waals surface area contributed by atoms with E-state index in [1.54, 1.807) is 18.6 Å². The molecular formula is C16H15Cl2N5. The van der Waals surface area contributed by atoms with Crippen LogP contribution in [0.4, 0.5) is 5.82 Å². The quantitative estimate of drug-likeness (QED) is 0.772. The molecule has 3 aromatic rings. The van der Waals surface area contributed by atoms with Crippen LogP contribution in [0.15, 0.2) is 36.9 Å². The molecule has 2 aromatic heterocycles. The molecule has 7 heteroatoms. The second-order valence-electron chi connectivity index (χ2n) is 5.72. The van der Waals surface area contributed by atoms with Crippen molar-refractivity contribution in [1.82, 2.24) is 14.5 Å². The molecule has 0 saturated carbocycles. The first-order valence-electron chi connectivity index (χ1n) is 7.41. The predicted molar refractivity (Wildman–Crippen MR) is 93.7 cm³/mol. The van der Waals surface area contributed by atoms with Gasteiger partial charge >= 0.3 is 0 Å². The van der Waals surface area contributed by atoms with Gasteiger partial charge in [-0.05, 0) is 18.6 Å². The maximum absolute atomic E-state index is 6.40. The standard InChI is InChI=1S/C16H15Cl2N5/c17-12-2-1-11-13(23-6-4-20-9-23)7-14(21-16(11)15(12)18)22-5-3-10(19)8-22/h1-2,4,6-7,9-10H,3,5,8,19H2/t10-/m1/s1. The van der Waals surface area contributed by atoms with Crippen LogP contribution in [0.25, 0.3) is 16.6 Å². The minimum absolute atomic E-state index is 0.180. The van der Waals surface area contributed by atoms with Gasteiger partial charge in [-0.15, -0.1) is 0 Å². The van der Waals surface area contributed by atoms with E-state index in [-0.39, 0.29) is 6.04 Å². The van der Waals surface area contributed by atoms with Crippen molar-refractivity contribution < 1.29 is 0 Å². The van der Waals surface area contributed by atoms with Gasteiger partial charge in [-0.1, -0.05) is 23.2 Å². The number of pyridine rings is 1. The summed E-state index contributed by atoms with van der Waals surface area (Å²) in [5.74, 6) is 0.860. The monoisotopic (exact) mass is 347 g/mol. The lowest BCUT2D eigenvalue weighted by Gasteiger charge is -2.20. The van der Waals surface area contributed by atoms with E-state index in [1.165, 1.54) is 0 Å². The highest BCUT2D eigenvalue weighted by molar-refractivity contribution is 6.45. The highest BCUT2D eigenvalue weighted by atomic mass is 35.5. The van der Waals surface area contributed by atoms with E-state index in [0.29, 0.717) is 15.6 Å². The van der Waals surface area contributed by atoms with E-state index in [0.717, 1.165) is 36.4 Å². The molecule has 0 unspecified atom stereocenters. The molecule has 0 bridgehead atoms. The van der Waals surface area contributed by atoms with Crippen LogP contribution in [-0.2, 0) is 0 Å². The van der Waals surface area contributed by atoms with Crippen molar-refractivity contribution in [3.05, 3.63) is 47.0 Å². The zero-order valence-electron chi connectivity index (χ0n) is 12.3. The minimum atomic E-state index is 0.180. The molecule has 1 saturated heterocycles. The molecule has 2 N–H and O–H groups in total. The maximum Gasteiger partial charge on any atom is 0.131 e. The van der Waals surface area contributed by atoms with Gasteiger partial charge in [0.25, 0.3) is 0 Å². The third-order valence-corrected chi connectivity index (χ3v) is 4.96. The molecule has 23 heavy (non-hydrogen) atoms. The maximum atomic E-state index is 6.40. The van der Waals surface area contributed by atoms with E-state index in [1.807, 2.05) is 22.9 Å². The Balaban J connectivity index is 1.96. The molecule has 1 atom stereocenters. The smallest absolute Gasteiger partial charge is 0.131 e. The fourth-order valence-electron chi connectivity index (χ4n) is 2.98. The van der Waals surface area contributed by atoms with E-state index < -0.39 is 0 Å². The van der Waals surface area contributed by atoms with Gasteiger partial charge in [-0.25, -0.2) is 9.97 Å². The number of aromatic nitrogens is 3. The number of rotatable bonds is 2. The van der Waals surface area contributed by atoms with Crippen molar-refractivity contribution in [1.29, 1.82) is 0 Å². The van der Waals surface area contributed by atoms with Crippen molar-refractivity contribution in [3.8, 4) is 5.69 Å². The zero-order chi connectivity index (χ0) is 16.0. The Bertz CT molecular complexity index is 863. The Hall–Kier alpha value is -1.82. The largest absolute Gasteiger partial charge is 0.355 e. The van der Waals surface area contributed by atoms with Crippen LogP contribution in [0.1, 0.15) is 6.42 Å². The van der Waals surface area contributed by atoms with Crippen LogP contribution >= 0.6 is 23.2 Å². The van der Waals surface area contributed by atoms with E-state index in [4.69, 9.17) is 33.9 Å². The van der Waals surface area contributed by atoms with Gasteiger partial charge in [-0.3, -0.25) is 0 Å². The lowest BCUT2D eigenvalue weighted by Crippen LogP contribution is -2.27. The Morgan fingerprint density at radius 3 is 2.83 bits per heavy atom. The van der Waals surface area contributed by atoms with Crippen LogP contribution in [-0.4, -0.2) is 33.7 Å². The Kier molecular flexibility index (Phi) is 3.64. The number of fused-ring (bicyclic) bond motifs is 1. The van der Waals surface area contributed by atoms with Crippen molar-refractivity contribution in [2.75, 3.05) is 18.0 Å². The van der Waals surface area contributed by atoms with Crippen LogP contribution in [0.3, 0.4) is 0 Å². The summed E-state index contributed by atoms with van der Waals surface area (Å²) in [5, 5.41) is 1.90. The second-order valence-corrected chi connectivity index (χ2v) is 6.51. The molecule has 1 aromatic carbocycles. The summed E-state index contributed by atoms with van der Waals surface area (Å²) in [5.41, 5.74) is 7.70. The molecule has 1 aliphatic rings. The molecule has 5 nitrogen and oxygen atoms in total. The summed E-state index contributed by atoms with van der Waals surface area (Å²) >= 11 is 12.6. The predicted octanol–water partition coefficient (Wildman–Crippen LogP) is 3.26. The fraction of sp³-hybridized carbons (Fsp3) is 0.250. The molecule has 0 spiro atoms. The van der Waals surface area contributed by atoms with Crippen molar-refractivity contribution >= 4 is 39.9 Å². The summed E-state index contributed by atoms with van der Waals surface area (Å²) in [4.78, 5) is 11.1. The molecule has 3 heterocycles. The van der Waals surface area contributed by atoms with Crippen LogP contribution < -0.4 is 10.6 Å². The fourth-order valence-corrected chi connectivity index (χ4v) is 3.33. The van der Waals surface area contributed by atoms with Crippen molar-refractivity contribution in [2.24, 2.45) is 5.73 Å². The first kappa shape index (κ1) is 14.8. The molecule has 1 aliphatic heterocycles. The van der Waals surface area contributed by atoms with Gasteiger partial charge < -0.3 is 15.2 Å². The third-order valence-electron chi connectivity index (χ3n) is 4.17. The van der Waals surface area contributed by atoms with E-state index >= 15 is 0 Å². The van der Waals surface area contributed by atoms with Gasteiger partial charge in [0.05, 0.1) is 27.6 Å². The SMILES string of the molecule is N[C@@H]1CCN(c2cc(-n3ccnc3)c3ccc(Cl)c(Cl)c3n2)C1. The topological polar surface area (TPSA) is 60.0 Å². The van der Waals surface area contributed by atoms with Gasteiger partial charge in [0, 0.05) is 43.0 Å². The van der Waals surface area contributed by atoms with E-state index in [2.05, 4.69) is 9.88 Å². The number of imidazole rings is 1. The first-order valence-corrected chi connectivity index (χ1v) is 8.16. The summed E-state index contributed by atoms with van der Waals surface area (Å²) in [6.07, 6.45) is 6.37. The van der Waals surface area contributed by atoms with Gasteiger partial charge in [0.15, 0.2) is 0 Å². The summed E-state index contributed by atoms with van der Waals surface area (Å²) < 4.78 is 1.95. The minimum Gasteiger partial charge on any atom is -0.355 e. The Labute approximate surface area is 143 Å². The summed E-state index contributed by atoms with van der Waals surface area (Å²) in [6, 6.07) is 5.95. The summed E-state index contributed by atoms with van der Waals surface area (Å²) in [6.45, 7) is 1.68. The molecule has 1 fully saturated rings. The third kappa shape index (κ3) is 2.55. The van der Waals surface area contributed by atoms with Gasteiger partial charge in [0.1, 0.15) is 5.82 Å². The highest BCUT2D eigenvalue weighted by Crippen LogP contribution is 2.35. The molecule has 4 rings (SSSR count). The first-order chi connectivity index (χ1) is 11.1. The highest BCUT2D eigenvalue weighted by Gasteiger charge is 2.22. The van der Waals surface area contributed by atoms with Gasteiger partial charge in [-0.2, -0.15) is 0 Å². The average Bonchev–Trinajstić information content (AvgIpc) is 3.21. The molecule has 0 radical (unpaired) electrons. The molecule has 0 amide bonds. The molecule has 0 aliphatic carbocycles. The molecular weight excluding hydrogens is 333 g/mol. The van der Waals surface area contributed by atoms with Crippen molar-refractivity contribution in [3.63, 3.8) is 0 Å². The number of anilines is 1. The van der Waals surface area contributed by atoms with Crippen LogP contribution in [0, 0.1) is 0 Å². The number of nitrogens with two attached hydrogens (primary N) is 1. The Morgan fingerprint density at radius 1 is 1.26 bits per heavy atom. The molecule has 118 valence electrons. The lowest BCUT2D eigenvalue weighted by molar-refractivity contribution is 0.751. The summed E-state index contributed by atoms with van der Waals surface area (Å²) in [7, 11) is 0. The van der Waals surface area contributed by atoms with Crippen LogP contribution in [0.5, 0.6) is 0 Å². The van der Waals surface area contributed by atoms with Gasteiger partial charge in [0.2, 0.25) is 0 Å².